The van der Waals surface area contributed by atoms with Gasteiger partial charge in [-0.05, 0) is 76.7 Å². The van der Waals surface area contributed by atoms with Crippen LogP contribution in [0.25, 0.3) is 21.9 Å². The van der Waals surface area contributed by atoms with Crippen LogP contribution in [0.15, 0.2) is 95.8 Å². The average molecular weight is 622 g/mol. The van der Waals surface area contributed by atoms with Crippen LogP contribution in [0.3, 0.4) is 0 Å². The topological polar surface area (TPSA) is 71.7 Å². The molecule has 232 valence electrons. The molecule has 4 aromatic carbocycles. The highest BCUT2D eigenvalue weighted by Gasteiger charge is 2.49. The number of hydrogen-bond acceptors (Lipinski definition) is 4. The van der Waals surface area contributed by atoms with Crippen molar-refractivity contribution >= 4 is 29.5 Å². The van der Waals surface area contributed by atoms with Gasteiger partial charge in [0.2, 0.25) is 0 Å². The second kappa shape index (κ2) is 12.0. The molecule has 5 nitrogen and oxygen atoms in total. The SMILES string of the molecule is Cc1c(-c2c([C@H](O)CCC(C)(C)[Si](O)(c3ccccc3)c3ccccc3)n(C)c(=O)c3ccccc23)cc(F)c2c1CCCO2. The minimum Gasteiger partial charge on any atom is -0.490 e. The van der Waals surface area contributed by atoms with E-state index < -0.39 is 25.3 Å². The highest BCUT2D eigenvalue weighted by atomic mass is 28.4. The maximum atomic E-state index is 15.6. The molecule has 0 spiro atoms. The van der Waals surface area contributed by atoms with Crippen molar-refractivity contribution in [3.63, 3.8) is 0 Å². The van der Waals surface area contributed by atoms with Crippen LogP contribution in [0.1, 0.15) is 56.0 Å². The maximum absolute atomic E-state index is 15.6. The lowest BCUT2D eigenvalue weighted by atomic mass is 9.87. The molecule has 0 unspecified atom stereocenters. The van der Waals surface area contributed by atoms with E-state index in [1.807, 2.05) is 85.8 Å². The molecule has 6 rings (SSSR count). The van der Waals surface area contributed by atoms with Crippen molar-refractivity contribution in [2.75, 3.05) is 6.61 Å². The number of hydrogen-bond donors (Lipinski definition) is 2. The van der Waals surface area contributed by atoms with Gasteiger partial charge < -0.3 is 19.2 Å². The maximum Gasteiger partial charge on any atom is 0.258 e. The van der Waals surface area contributed by atoms with E-state index in [-0.39, 0.29) is 12.0 Å². The third-order valence-electron chi connectivity index (χ3n) is 9.78. The summed E-state index contributed by atoms with van der Waals surface area (Å²) in [7, 11) is -1.64. The van der Waals surface area contributed by atoms with Gasteiger partial charge in [-0.25, -0.2) is 4.39 Å². The largest absolute Gasteiger partial charge is 0.490 e. The number of aliphatic hydroxyl groups excluding tert-OH is 1. The quantitative estimate of drug-likeness (QED) is 0.199. The molecular formula is C38H40FNO4Si. The molecule has 0 aliphatic carbocycles. The minimum atomic E-state index is -3.32. The molecule has 0 saturated heterocycles. The third-order valence-corrected chi connectivity index (χ3v) is 14.3. The lowest BCUT2D eigenvalue weighted by molar-refractivity contribution is 0.150. The number of ether oxygens (including phenoxy) is 1. The monoisotopic (exact) mass is 621 g/mol. The summed E-state index contributed by atoms with van der Waals surface area (Å²) in [5.74, 6) is -0.141. The van der Waals surface area contributed by atoms with Crippen LogP contribution >= 0.6 is 0 Å². The summed E-state index contributed by atoms with van der Waals surface area (Å²) in [5, 5.41) is 14.4. The van der Waals surface area contributed by atoms with E-state index in [2.05, 4.69) is 13.8 Å². The molecule has 1 atom stereocenters. The molecule has 2 heterocycles. The first-order chi connectivity index (χ1) is 21.6. The van der Waals surface area contributed by atoms with Gasteiger partial charge in [-0.15, -0.1) is 0 Å². The normalized spacial score (nSPS) is 14.2. The second-order valence-electron chi connectivity index (χ2n) is 12.8. The number of aliphatic hydroxyl groups is 1. The zero-order chi connectivity index (χ0) is 31.9. The standard InChI is InChI=1S/C38H40FNO4Si/c1-25-28-20-13-23-44-36(28)32(39)24-31(25)34-29-18-11-12-19-30(29)37(42)40(4)35(34)33(41)21-22-38(2,3)45(43,26-14-7-5-8-15-26)27-16-9-6-10-17-27/h5-12,14-19,24,33,41,43H,13,20-23H2,1-4H3/t33-/m1/s1. The molecule has 7 heteroatoms. The second-order valence-corrected chi connectivity index (χ2v) is 16.8. The molecule has 0 amide bonds. The Labute approximate surface area is 264 Å². The van der Waals surface area contributed by atoms with E-state index in [1.165, 1.54) is 10.6 Å². The van der Waals surface area contributed by atoms with Gasteiger partial charge in [0.25, 0.3) is 13.9 Å². The highest BCUT2D eigenvalue weighted by molar-refractivity contribution is 6.98. The van der Waals surface area contributed by atoms with Crippen LogP contribution in [0.5, 0.6) is 5.75 Å². The molecule has 1 aromatic heterocycles. The number of halogens is 1. The van der Waals surface area contributed by atoms with Crippen LogP contribution < -0.4 is 20.7 Å². The van der Waals surface area contributed by atoms with Crippen LogP contribution in [0.4, 0.5) is 4.39 Å². The van der Waals surface area contributed by atoms with Crippen molar-refractivity contribution in [3.8, 4) is 16.9 Å². The number of pyridine rings is 1. The summed E-state index contributed by atoms with van der Waals surface area (Å²) in [5.41, 5.74) is 3.24. The lowest BCUT2D eigenvalue weighted by Crippen LogP contribution is -2.65. The van der Waals surface area contributed by atoms with Gasteiger partial charge in [-0.3, -0.25) is 4.79 Å². The van der Waals surface area contributed by atoms with Gasteiger partial charge in [0.05, 0.1) is 18.4 Å². The number of nitrogens with zero attached hydrogens (tertiary/aromatic N) is 1. The minimum absolute atomic E-state index is 0.221. The van der Waals surface area contributed by atoms with Gasteiger partial charge in [-0.1, -0.05) is 92.7 Å². The molecule has 1 aliphatic heterocycles. The van der Waals surface area contributed by atoms with Gasteiger partial charge in [-0.2, -0.15) is 0 Å². The Bertz CT molecular complexity index is 1880. The molecular weight excluding hydrogens is 582 g/mol. The third kappa shape index (κ3) is 5.23. The predicted octanol–water partition coefficient (Wildman–Crippen LogP) is 6.32. The Balaban J connectivity index is 1.47. The van der Waals surface area contributed by atoms with Crippen molar-refractivity contribution in [2.45, 2.75) is 57.6 Å². The first kappa shape index (κ1) is 31.0. The van der Waals surface area contributed by atoms with Gasteiger partial charge >= 0.3 is 0 Å². The molecule has 1 aliphatic rings. The van der Waals surface area contributed by atoms with Crippen LogP contribution in [0, 0.1) is 12.7 Å². The van der Waals surface area contributed by atoms with E-state index in [9.17, 15) is 14.7 Å². The summed E-state index contributed by atoms with van der Waals surface area (Å²) in [6.45, 7) is 6.57. The number of benzene rings is 4. The highest BCUT2D eigenvalue weighted by Crippen LogP contribution is 2.45. The van der Waals surface area contributed by atoms with Gasteiger partial charge in [0.15, 0.2) is 11.6 Å². The van der Waals surface area contributed by atoms with Crippen molar-refractivity contribution < 1.29 is 19.0 Å². The van der Waals surface area contributed by atoms with E-state index >= 15 is 4.39 Å². The fourth-order valence-corrected chi connectivity index (χ4v) is 10.9. The van der Waals surface area contributed by atoms with Crippen LogP contribution in [-0.4, -0.2) is 29.4 Å². The van der Waals surface area contributed by atoms with Crippen molar-refractivity contribution in [3.05, 3.63) is 124 Å². The van der Waals surface area contributed by atoms with E-state index in [0.29, 0.717) is 52.8 Å². The fourth-order valence-electron chi connectivity index (χ4n) is 7.20. The Morgan fingerprint density at radius 1 is 0.956 bits per heavy atom. The first-order valence-corrected chi connectivity index (χ1v) is 17.6. The van der Waals surface area contributed by atoms with Crippen LogP contribution in [0.2, 0.25) is 5.04 Å². The molecule has 0 saturated carbocycles. The van der Waals surface area contributed by atoms with Crippen molar-refractivity contribution in [1.29, 1.82) is 0 Å². The first-order valence-electron chi connectivity index (χ1n) is 15.6. The fraction of sp³-hybridized carbons (Fsp3) is 0.289. The molecule has 0 fully saturated rings. The molecule has 5 aromatic rings. The smallest absolute Gasteiger partial charge is 0.258 e. The van der Waals surface area contributed by atoms with E-state index in [1.54, 1.807) is 13.1 Å². The molecule has 0 bridgehead atoms. The zero-order valence-electron chi connectivity index (χ0n) is 26.3. The van der Waals surface area contributed by atoms with E-state index in [0.717, 1.165) is 27.9 Å². The van der Waals surface area contributed by atoms with Crippen molar-refractivity contribution in [2.24, 2.45) is 7.05 Å². The number of aromatic nitrogens is 1. The van der Waals surface area contributed by atoms with Crippen LogP contribution in [-0.2, 0) is 13.5 Å². The zero-order valence-corrected chi connectivity index (χ0v) is 27.3. The van der Waals surface area contributed by atoms with Gasteiger partial charge in [0, 0.05) is 23.6 Å². The van der Waals surface area contributed by atoms with Crippen molar-refractivity contribution in [1.82, 2.24) is 4.57 Å². The summed E-state index contributed by atoms with van der Waals surface area (Å²) in [6.07, 6.45) is 1.21. The Hall–Kier alpha value is -4.04. The Kier molecular flexibility index (Phi) is 8.29. The predicted molar refractivity (Wildman–Crippen MR) is 181 cm³/mol. The number of rotatable bonds is 8. The summed E-state index contributed by atoms with van der Waals surface area (Å²) >= 11 is 0. The lowest BCUT2D eigenvalue weighted by Gasteiger charge is -2.41. The Morgan fingerprint density at radius 2 is 1.53 bits per heavy atom. The average Bonchev–Trinajstić information content (AvgIpc) is 3.07. The Morgan fingerprint density at radius 3 is 2.16 bits per heavy atom. The summed E-state index contributed by atoms with van der Waals surface area (Å²) in [6, 6.07) is 28.4. The summed E-state index contributed by atoms with van der Waals surface area (Å²) in [4.78, 5) is 26.3. The molecule has 2 N–H and O–H groups in total. The number of fused-ring (bicyclic) bond motifs is 2. The van der Waals surface area contributed by atoms with Gasteiger partial charge in [0.1, 0.15) is 0 Å². The summed E-state index contributed by atoms with van der Waals surface area (Å²) < 4.78 is 22.8. The molecule has 0 radical (unpaired) electrons. The molecule has 45 heavy (non-hydrogen) atoms. The van der Waals surface area contributed by atoms with E-state index in [4.69, 9.17) is 4.74 Å².